The van der Waals surface area contributed by atoms with Crippen LogP contribution in [0.3, 0.4) is 0 Å². The molecule has 1 aromatic heterocycles. The van der Waals surface area contributed by atoms with E-state index in [0.717, 1.165) is 27.8 Å². The van der Waals surface area contributed by atoms with E-state index in [9.17, 15) is 19.5 Å². The predicted molar refractivity (Wildman–Crippen MR) is 106 cm³/mol. The number of carbonyl (C=O) groups excluding carboxylic acids is 2. The van der Waals surface area contributed by atoms with Gasteiger partial charge in [0.05, 0.1) is 11.4 Å². The standard InChI is InChI=1S/C21H25N3O4/c1-12-16(15-7-8-18(25)23-20(15)28)9-13-5-6-14(10-17(13)22-12)24(11-19(26)27)21(2,3)4/h5-6,9-10,15H,7-8,11H2,1-4H3,(H,26,27)(H,23,25,28). The number of rotatable bonds is 4. The van der Waals surface area contributed by atoms with Gasteiger partial charge in [0.15, 0.2) is 0 Å². The van der Waals surface area contributed by atoms with Crippen molar-refractivity contribution >= 4 is 34.4 Å². The van der Waals surface area contributed by atoms with E-state index in [0.29, 0.717) is 12.8 Å². The lowest BCUT2D eigenvalue weighted by molar-refractivity contribution is -0.136. The number of piperidine rings is 1. The number of fused-ring (bicyclic) bond motifs is 1. The molecule has 7 nitrogen and oxygen atoms in total. The Morgan fingerprint density at radius 1 is 1.29 bits per heavy atom. The Morgan fingerprint density at radius 3 is 2.61 bits per heavy atom. The highest BCUT2D eigenvalue weighted by molar-refractivity contribution is 6.01. The second-order valence-corrected chi connectivity index (χ2v) is 8.19. The molecular formula is C21H25N3O4. The molecule has 1 fully saturated rings. The van der Waals surface area contributed by atoms with Crippen molar-refractivity contribution in [3.8, 4) is 0 Å². The smallest absolute Gasteiger partial charge is 0.323 e. The molecule has 0 spiro atoms. The van der Waals surface area contributed by atoms with Crippen molar-refractivity contribution in [2.75, 3.05) is 11.4 Å². The molecule has 2 heterocycles. The van der Waals surface area contributed by atoms with Crippen LogP contribution < -0.4 is 10.2 Å². The van der Waals surface area contributed by atoms with Gasteiger partial charge in [0.2, 0.25) is 11.8 Å². The van der Waals surface area contributed by atoms with Crippen LogP contribution in [0.4, 0.5) is 5.69 Å². The number of carboxylic acid groups (broad SMARTS) is 1. The molecule has 148 valence electrons. The van der Waals surface area contributed by atoms with Crippen LogP contribution in [0, 0.1) is 6.92 Å². The number of nitrogens with one attached hydrogen (secondary N) is 1. The second kappa shape index (κ2) is 7.22. The monoisotopic (exact) mass is 383 g/mol. The Morgan fingerprint density at radius 2 is 2.00 bits per heavy atom. The van der Waals surface area contributed by atoms with Gasteiger partial charge in [-0.25, -0.2) is 0 Å². The number of carbonyl (C=O) groups is 3. The minimum Gasteiger partial charge on any atom is -0.480 e. The normalized spacial score (nSPS) is 17.5. The van der Waals surface area contributed by atoms with Crippen LogP contribution in [0.25, 0.3) is 10.9 Å². The zero-order valence-corrected chi connectivity index (χ0v) is 16.6. The van der Waals surface area contributed by atoms with Crippen molar-refractivity contribution in [2.45, 2.75) is 52.0 Å². The molecule has 0 aliphatic carbocycles. The molecule has 2 aromatic rings. The summed E-state index contributed by atoms with van der Waals surface area (Å²) in [4.78, 5) is 41.4. The summed E-state index contributed by atoms with van der Waals surface area (Å²) in [6, 6.07) is 7.60. The maximum Gasteiger partial charge on any atom is 0.323 e. The molecule has 0 saturated carbocycles. The first kappa shape index (κ1) is 19.8. The minimum atomic E-state index is -0.896. The fraction of sp³-hybridized carbons (Fsp3) is 0.429. The van der Waals surface area contributed by atoms with Crippen molar-refractivity contribution in [1.82, 2.24) is 10.3 Å². The molecule has 2 amide bonds. The number of nitrogens with zero attached hydrogens (tertiary/aromatic N) is 2. The van der Waals surface area contributed by atoms with E-state index in [1.54, 1.807) is 0 Å². The van der Waals surface area contributed by atoms with Gasteiger partial charge in [0.25, 0.3) is 0 Å². The Hall–Kier alpha value is -2.96. The highest BCUT2D eigenvalue weighted by Crippen LogP contribution is 2.32. The van der Waals surface area contributed by atoms with E-state index >= 15 is 0 Å². The highest BCUT2D eigenvalue weighted by atomic mass is 16.4. The third-order valence-electron chi connectivity index (χ3n) is 5.06. The largest absolute Gasteiger partial charge is 0.480 e. The molecule has 1 unspecified atom stereocenters. The van der Waals surface area contributed by atoms with Crippen molar-refractivity contribution in [3.63, 3.8) is 0 Å². The molecule has 7 heteroatoms. The summed E-state index contributed by atoms with van der Waals surface area (Å²) in [5.41, 5.74) is 2.71. The van der Waals surface area contributed by atoms with Crippen LogP contribution in [-0.2, 0) is 14.4 Å². The van der Waals surface area contributed by atoms with Crippen molar-refractivity contribution < 1.29 is 19.5 Å². The number of imide groups is 1. The Labute approximate surface area is 163 Å². The van der Waals surface area contributed by atoms with E-state index in [1.807, 2.05) is 56.9 Å². The molecule has 2 N–H and O–H groups in total. The first-order valence-electron chi connectivity index (χ1n) is 9.30. The second-order valence-electron chi connectivity index (χ2n) is 8.19. The molecular weight excluding hydrogens is 358 g/mol. The van der Waals surface area contributed by atoms with Crippen LogP contribution in [0.2, 0.25) is 0 Å². The number of carboxylic acids is 1. The van der Waals surface area contributed by atoms with Crippen molar-refractivity contribution in [2.24, 2.45) is 0 Å². The summed E-state index contributed by atoms with van der Waals surface area (Å²) in [7, 11) is 0. The Kier molecular flexibility index (Phi) is 5.10. The van der Waals surface area contributed by atoms with E-state index < -0.39 is 5.97 Å². The van der Waals surface area contributed by atoms with Crippen LogP contribution in [-0.4, -0.2) is 40.0 Å². The number of hydrogen-bond donors (Lipinski definition) is 2. The number of aromatic nitrogens is 1. The minimum absolute atomic E-state index is 0.109. The molecule has 28 heavy (non-hydrogen) atoms. The summed E-state index contributed by atoms with van der Waals surface area (Å²) in [5.74, 6) is -1.80. The lowest BCUT2D eigenvalue weighted by atomic mass is 9.89. The number of aliphatic carboxylic acids is 1. The van der Waals surface area contributed by atoms with E-state index in [4.69, 9.17) is 0 Å². The Balaban J connectivity index is 2.01. The molecule has 1 saturated heterocycles. The van der Waals surface area contributed by atoms with Crippen LogP contribution >= 0.6 is 0 Å². The fourth-order valence-corrected chi connectivity index (χ4v) is 3.63. The first-order valence-corrected chi connectivity index (χ1v) is 9.30. The van der Waals surface area contributed by atoms with Crippen molar-refractivity contribution in [3.05, 3.63) is 35.5 Å². The zero-order valence-electron chi connectivity index (χ0n) is 16.6. The van der Waals surface area contributed by atoms with Crippen molar-refractivity contribution in [1.29, 1.82) is 0 Å². The number of aryl methyl sites for hydroxylation is 1. The predicted octanol–water partition coefficient (Wildman–Crippen LogP) is 2.75. The van der Waals surface area contributed by atoms with Gasteiger partial charge in [-0.05, 0) is 57.9 Å². The average molecular weight is 383 g/mol. The van der Waals surface area contributed by atoms with Gasteiger partial charge in [-0.15, -0.1) is 0 Å². The van der Waals surface area contributed by atoms with E-state index in [2.05, 4.69) is 10.3 Å². The maximum absolute atomic E-state index is 12.2. The quantitative estimate of drug-likeness (QED) is 0.788. The molecule has 1 aliphatic heterocycles. The highest BCUT2D eigenvalue weighted by Gasteiger charge is 2.30. The number of pyridine rings is 1. The fourth-order valence-electron chi connectivity index (χ4n) is 3.63. The summed E-state index contributed by atoms with van der Waals surface area (Å²) in [5, 5.41) is 12.5. The molecule has 0 bridgehead atoms. The Bertz CT molecular complexity index is 962. The summed E-state index contributed by atoms with van der Waals surface area (Å²) in [6.07, 6.45) is 0.801. The molecule has 3 rings (SSSR count). The third-order valence-corrected chi connectivity index (χ3v) is 5.06. The first-order chi connectivity index (χ1) is 13.1. The van der Waals surface area contributed by atoms with E-state index in [-0.39, 0.29) is 29.8 Å². The van der Waals surface area contributed by atoms with Gasteiger partial charge < -0.3 is 10.0 Å². The summed E-state index contributed by atoms with van der Waals surface area (Å²) >= 11 is 0. The SMILES string of the molecule is Cc1nc2cc(N(CC(=O)O)C(C)(C)C)ccc2cc1C1CCC(=O)NC1=O. The average Bonchev–Trinajstić information content (AvgIpc) is 2.58. The zero-order chi connectivity index (χ0) is 20.6. The molecule has 1 aromatic carbocycles. The van der Waals surface area contributed by atoms with Gasteiger partial charge in [0, 0.05) is 28.7 Å². The topological polar surface area (TPSA) is 99.6 Å². The summed E-state index contributed by atoms with van der Waals surface area (Å²) < 4.78 is 0. The van der Waals surface area contributed by atoms with Gasteiger partial charge in [-0.3, -0.25) is 24.7 Å². The lowest BCUT2D eigenvalue weighted by Crippen LogP contribution is -2.44. The maximum atomic E-state index is 12.2. The molecule has 1 aliphatic rings. The van der Waals surface area contributed by atoms with E-state index in [1.165, 1.54) is 0 Å². The van der Waals surface area contributed by atoms with Gasteiger partial charge in [-0.1, -0.05) is 6.07 Å². The van der Waals surface area contributed by atoms with Gasteiger partial charge in [0.1, 0.15) is 6.54 Å². The van der Waals surface area contributed by atoms with Gasteiger partial charge in [-0.2, -0.15) is 0 Å². The third kappa shape index (κ3) is 3.98. The van der Waals surface area contributed by atoms with Crippen LogP contribution in [0.15, 0.2) is 24.3 Å². The summed E-state index contributed by atoms with van der Waals surface area (Å²) in [6.45, 7) is 7.63. The number of hydrogen-bond acceptors (Lipinski definition) is 5. The molecule has 0 radical (unpaired) electrons. The molecule has 1 atom stereocenters. The van der Waals surface area contributed by atoms with Crippen LogP contribution in [0.5, 0.6) is 0 Å². The van der Waals surface area contributed by atoms with Crippen LogP contribution in [0.1, 0.15) is 50.8 Å². The number of anilines is 1. The van der Waals surface area contributed by atoms with Gasteiger partial charge >= 0.3 is 5.97 Å². The number of benzene rings is 1. The number of amides is 2. The lowest BCUT2D eigenvalue weighted by Gasteiger charge is -2.36.